The number of hydrogen-bond donors (Lipinski definition) is 1. The van der Waals surface area contributed by atoms with E-state index in [1.54, 1.807) is 0 Å². The molecule has 25 heavy (non-hydrogen) atoms. The predicted octanol–water partition coefficient (Wildman–Crippen LogP) is 3.15. The molecule has 0 radical (unpaired) electrons. The van der Waals surface area contributed by atoms with Gasteiger partial charge in [-0.3, -0.25) is 9.48 Å². The highest BCUT2D eigenvalue weighted by Gasteiger charge is 2.23. The van der Waals surface area contributed by atoms with Crippen LogP contribution < -0.4 is 5.32 Å². The van der Waals surface area contributed by atoms with Gasteiger partial charge in [-0.1, -0.05) is 24.3 Å². The second kappa shape index (κ2) is 7.52. The lowest BCUT2D eigenvalue weighted by atomic mass is 10.1. The standard InChI is InChI=1S/C20H24N4O/c1-14-17(15(2)24(23-14)13-5-12-21)9-11-20(25)22-19-10-8-16-6-3-4-7-18(16)19/h3-4,6-7,19H,5,8-11,13H2,1-2H3,(H,22,25). The van der Waals surface area contributed by atoms with E-state index >= 15 is 0 Å². The van der Waals surface area contributed by atoms with Gasteiger partial charge in [-0.25, -0.2) is 0 Å². The van der Waals surface area contributed by atoms with Gasteiger partial charge in [0.15, 0.2) is 0 Å². The van der Waals surface area contributed by atoms with Crippen molar-refractivity contribution in [3.05, 3.63) is 52.3 Å². The van der Waals surface area contributed by atoms with Crippen molar-refractivity contribution >= 4 is 5.91 Å². The Morgan fingerprint density at radius 1 is 1.40 bits per heavy atom. The molecule has 1 aliphatic carbocycles. The van der Waals surface area contributed by atoms with E-state index in [1.807, 2.05) is 24.6 Å². The van der Waals surface area contributed by atoms with Crippen LogP contribution in [0.4, 0.5) is 0 Å². The number of fused-ring (bicyclic) bond motifs is 1. The molecule has 1 heterocycles. The lowest BCUT2D eigenvalue weighted by molar-refractivity contribution is -0.121. The molecule has 2 aromatic rings. The Morgan fingerprint density at radius 2 is 2.20 bits per heavy atom. The molecule has 0 saturated heterocycles. The molecule has 5 nitrogen and oxygen atoms in total. The van der Waals surface area contributed by atoms with Gasteiger partial charge in [0.25, 0.3) is 0 Å². The first-order valence-electron chi connectivity index (χ1n) is 8.87. The summed E-state index contributed by atoms with van der Waals surface area (Å²) >= 11 is 0. The number of benzene rings is 1. The van der Waals surface area contributed by atoms with Crippen molar-refractivity contribution in [1.82, 2.24) is 15.1 Å². The van der Waals surface area contributed by atoms with Crippen LogP contribution in [-0.2, 0) is 24.2 Å². The van der Waals surface area contributed by atoms with Crippen LogP contribution in [0.15, 0.2) is 24.3 Å². The number of carbonyl (C=O) groups excluding carboxylic acids is 1. The molecule has 1 atom stereocenters. The first kappa shape index (κ1) is 17.2. The highest BCUT2D eigenvalue weighted by molar-refractivity contribution is 5.77. The second-order valence-electron chi connectivity index (χ2n) is 6.64. The smallest absolute Gasteiger partial charge is 0.220 e. The van der Waals surface area contributed by atoms with Gasteiger partial charge in [-0.2, -0.15) is 10.4 Å². The Hall–Kier alpha value is -2.61. The quantitative estimate of drug-likeness (QED) is 0.881. The molecule has 0 aliphatic heterocycles. The van der Waals surface area contributed by atoms with Crippen molar-refractivity contribution in [2.24, 2.45) is 0 Å². The molecule has 0 saturated carbocycles. The highest BCUT2D eigenvalue weighted by Crippen LogP contribution is 2.30. The molecule has 0 fully saturated rings. The van der Waals surface area contributed by atoms with Crippen molar-refractivity contribution in [2.75, 3.05) is 0 Å². The number of aryl methyl sites for hydroxylation is 3. The van der Waals surface area contributed by atoms with Gasteiger partial charge in [-0.05, 0) is 49.8 Å². The van der Waals surface area contributed by atoms with Crippen molar-refractivity contribution < 1.29 is 4.79 Å². The zero-order chi connectivity index (χ0) is 17.8. The number of nitrogens with one attached hydrogen (secondary N) is 1. The normalized spacial score (nSPS) is 15.6. The minimum Gasteiger partial charge on any atom is -0.349 e. The molecule has 1 aliphatic rings. The van der Waals surface area contributed by atoms with E-state index in [4.69, 9.17) is 5.26 Å². The number of carbonyl (C=O) groups is 1. The van der Waals surface area contributed by atoms with E-state index in [1.165, 1.54) is 11.1 Å². The summed E-state index contributed by atoms with van der Waals surface area (Å²) in [5.41, 5.74) is 5.74. The third kappa shape index (κ3) is 3.74. The largest absolute Gasteiger partial charge is 0.349 e. The van der Waals surface area contributed by atoms with Crippen molar-refractivity contribution in [2.45, 2.75) is 58.5 Å². The maximum atomic E-state index is 12.4. The molecule has 1 aromatic carbocycles. The first-order valence-corrected chi connectivity index (χ1v) is 8.87. The lowest BCUT2D eigenvalue weighted by Crippen LogP contribution is -2.27. The predicted molar refractivity (Wildman–Crippen MR) is 95.9 cm³/mol. The van der Waals surface area contributed by atoms with Crippen LogP contribution >= 0.6 is 0 Å². The molecule has 3 rings (SSSR count). The first-order chi connectivity index (χ1) is 12.1. The number of hydrogen-bond acceptors (Lipinski definition) is 3. The Labute approximate surface area is 148 Å². The van der Waals surface area contributed by atoms with Gasteiger partial charge in [0.1, 0.15) is 0 Å². The third-order valence-corrected chi connectivity index (χ3v) is 5.04. The summed E-state index contributed by atoms with van der Waals surface area (Å²) in [5, 5.41) is 16.4. The Kier molecular flexibility index (Phi) is 5.18. The van der Waals surface area contributed by atoms with E-state index in [0.717, 1.165) is 29.8 Å². The molecule has 0 spiro atoms. The zero-order valence-electron chi connectivity index (χ0n) is 14.9. The van der Waals surface area contributed by atoms with Crippen molar-refractivity contribution in [3.8, 4) is 6.07 Å². The zero-order valence-corrected chi connectivity index (χ0v) is 14.9. The summed E-state index contributed by atoms with van der Waals surface area (Å²) in [5.74, 6) is 0.0882. The van der Waals surface area contributed by atoms with Gasteiger partial charge in [0.05, 0.1) is 30.8 Å². The Morgan fingerprint density at radius 3 is 3.00 bits per heavy atom. The fraction of sp³-hybridized carbons (Fsp3) is 0.450. The molecule has 130 valence electrons. The van der Waals surface area contributed by atoms with E-state index in [0.29, 0.717) is 25.8 Å². The van der Waals surface area contributed by atoms with Crippen molar-refractivity contribution in [3.63, 3.8) is 0 Å². The highest BCUT2D eigenvalue weighted by atomic mass is 16.1. The van der Waals surface area contributed by atoms with Gasteiger partial charge >= 0.3 is 0 Å². The summed E-state index contributed by atoms with van der Waals surface area (Å²) in [6.45, 7) is 4.59. The second-order valence-corrected chi connectivity index (χ2v) is 6.64. The van der Waals surface area contributed by atoms with Crippen LogP contribution in [-0.4, -0.2) is 15.7 Å². The van der Waals surface area contributed by atoms with E-state index in [9.17, 15) is 4.79 Å². The van der Waals surface area contributed by atoms with Gasteiger partial charge in [0, 0.05) is 12.1 Å². The van der Waals surface area contributed by atoms with E-state index in [-0.39, 0.29) is 11.9 Å². The number of rotatable bonds is 6. The average Bonchev–Trinajstić information content (AvgIpc) is 3.13. The topological polar surface area (TPSA) is 70.7 Å². The summed E-state index contributed by atoms with van der Waals surface area (Å²) in [6.07, 6.45) is 3.61. The molecular formula is C20H24N4O. The van der Waals surface area contributed by atoms with Crippen LogP contribution in [0.2, 0.25) is 0 Å². The Bertz CT molecular complexity index is 816. The minimum absolute atomic E-state index is 0.0882. The number of nitrogens with zero attached hydrogens (tertiary/aromatic N) is 3. The number of aromatic nitrogens is 2. The molecule has 1 unspecified atom stereocenters. The lowest BCUT2D eigenvalue weighted by Gasteiger charge is -2.14. The monoisotopic (exact) mass is 336 g/mol. The Balaban J connectivity index is 1.58. The molecule has 1 amide bonds. The van der Waals surface area contributed by atoms with Gasteiger partial charge in [-0.15, -0.1) is 0 Å². The van der Waals surface area contributed by atoms with Gasteiger partial charge < -0.3 is 5.32 Å². The fourth-order valence-corrected chi connectivity index (χ4v) is 3.68. The summed E-state index contributed by atoms with van der Waals surface area (Å²) in [6, 6.07) is 10.6. The van der Waals surface area contributed by atoms with E-state index in [2.05, 4.69) is 34.7 Å². The maximum Gasteiger partial charge on any atom is 0.220 e. The van der Waals surface area contributed by atoms with Crippen LogP contribution in [0.1, 0.15) is 53.4 Å². The summed E-state index contributed by atoms with van der Waals surface area (Å²) in [7, 11) is 0. The van der Waals surface area contributed by atoms with Crippen LogP contribution in [0, 0.1) is 25.2 Å². The minimum atomic E-state index is 0.0882. The molecular weight excluding hydrogens is 312 g/mol. The number of nitriles is 1. The fourth-order valence-electron chi connectivity index (χ4n) is 3.68. The van der Waals surface area contributed by atoms with Gasteiger partial charge in [0.2, 0.25) is 5.91 Å². The number of amides is 1. The van der Waals surface area contributed by atoms with Crippen LogP contribution in [0.5, 0.6) is 0 Å². The molecule has 1 aromatic heterocycles. The average molecular weight is 336 g/mol. The molecule has 1 N–H and O–H groups in total. The summed E-state index contributed by atoms with van der Waals surface area (Å²) in [4.78, 5) is 12.4. The maximum absolute atomic E-state index is 12.4. The summed E-state index contributed by atoms with van der Waals surface area (Å²) < 4.78 is 1.87. The van der Waals surface area contributed by atoms with Crippen LogP contribution in [0.25, 0.3) is 0 Å². The SMILES string of the molecule is Cc1nn(CCC#N)c(C)c1CCC(=O)NC1CCc2ccccc21. The third-order valence-electron chi connectivity index (χ3n) is 5.04. The molecule has 5 heteroatoms. The van der Waals surface area contributed by atoms with Crippen molar-refractivity contribution in [1.29, 1.82) is 5.26 Å². The van der Waals surface area contributed by atoms with Crippen LogP contribution in [0.3, 0.4) is 0 Å². The van der Waals surface area contributed by atoms with E-state index < -0.39 is 0 Å². The molecule has 0 bridgehead atoms.